The average molecular weight is 338 g/mol. The molecule has 0 spiro atoms. The number of hydrogen-bond donors (Lipinski definition) is 0. The summed E-state index contributed by atoms with van der Waals surface area (Å²) in [6, 6.07) is 17.9. The van der Waals surface area contributed by atoms with Gasteiger partial charge in [0.25, 0.3) is 0 Å². The van der Waals surface area contributed by atoms with Crippen LogP contribution in [-0.2, 0) is 13.1 Å². The molecule has 4 heteroatoms. The Morgan fingerprint density at radius 2 is 1.76 bits per heavy atom. The molecule has 1 aromatic heterocycles. The largest absolute Gasteiger partial charge is 0.350 e. The lowest BCUT2D eigenvalue weighted by Gasteiger charge is -2.31. The second-order valence-electron chi connectivity index (χ2n) is 6.50. The van der Waals surface area contributed by atoms with Gasteiger partial charge in [0.05, 0.1) is 6.04 Å². The molecule has 0 saturated heterocycles. The smallest absolute Gasteiger partial charge is 0.131 e. The number of nitrogens with zero attached hydrogens (tertiary/aromatic N) is 2. The summed E-state index contributed by atoms with van der Waals surface area (Å²) in [5, 5.41) is 0. The first-order valence-corrected chi connectivity index (χ1v) is 8.60. The Bertz CT molecular complexity index is 857. The van der Waals surface area contributed by atoms with E-state index in [-0.39, 0.29) is 6.04 Å². The van der Waals surface area contributed by atoms with Gasteiger partial charge in [-0.25, -0.2) is 8.78 Å². The van der Waals surface area contributed by atoms with Crippen LogP contribution in [-0.4, -0.2) is 16.0 Å². The van der Waals surface area contributed by atoms with Crippen molar-refractivity contribution in [3.05, 3.63) is 95.3 Å². The maximum absolute atomic E-state index is 14.6. The summed E-state index contributed by atoms with van der Waals surface area (Å²) in [4.78, 5) is 2.28. The van der Waals surface area contributed by atoms with Crippen molar-refractivity contribution >= 4 is 0 Å². The predicted octanol–water partition coefficient (Wildman–Crippen LogP) is 4.76. The fourth-order valence-corrected chi connectivity index (χ4v) is 3.71. The third-order valence-corrected chi connectivity index (χ3v) is 4.84. The van der Waals surface area contributed by atoms with Crippen molar-refractivity contribution in [1.82, 2.24) is 9.47 Å². The number of halogens is 2. The minimum atomic E-state index is -0.542. The van der Waals surface area contributed by atoms with Crippen LogP contribution in [0, 0.1) is 11.6 Å². The van der Waals surface area contributed by atoms with E-state index in [0.29, 0.717) is 5.56 Å². The molecule has 4 rings (SSSR count). The van der Waals surface area contributed by atoms with Gasteiger partial charge in [-0.15, -0.1) is 0 Å². The number of benzene rings is 2. The molecule has 2 aromatic carbocycles. The maximum atomic E-state index is 14.6. The molecule has 2 heterocycles. The third-order valence-electron chi connectivity index (χ3n) is 4.84. The second kappa shape index (κ2) is 6.81. The van der Waals surface area contributed by atoms with Gasteiger partial charge < -0.3 is 4.57 Å². The highest BCUT2D eigenvalue weighted by atomic mass is 19.1. The van der Waals surface area contributed by atoms with Crippen molar-refractivity contribution in [2.45, 2.75) is 25.6 Å². The van der Waals surface area contributed by atoms with Crippen LogP contribution in [0.1, 0.15) is 29.3 Å². The molecule has 0 amide bonds. The summed E-state index contributed by atoms with van der Waals surface area (Å²) >= 11 is 0. The lowest BCUT2D eigenvalue weighted by Crippen LogP contribution is -2.30. The molecule has 3 aromatic rings. The Morgan fingerprint density at radius 3 is 2.56 bits per heavy atom. The number of hydrogen-bond acceptors (Lipinski definition) is 1. The maximum Gasteiger partial charge on any atom is 0.131 e. The molecule has 25 heavy (non-hydrogen) atoms. The summed E-state index contributed by atoms with van der Waals surface area (Å²) in [7, 11) is 0. The van der Waals surface area contributed by atoms with Gasteiger partial charge in [0, 0.05) is 43.2 Å². The molecule has 0 N–H and O–H groups in total. The van der Waals surface area contributed by atoms with Crippen molar-refractivity contribution < 1.29 is 8.78 Å². The SMILES string of the molecule is Fc1ccc([C@@H]2c3cccn3CCCN2Cc2ccccc2)c(F)c1. The highest BCUT2D eigenvalue weighted by Gasteiger charge is 2.29. The molecule has 0 unspecified atom stereocenters. The molecule has 1 aliphatic rings. The molecule has 0 radical (unpaired) electrons. The highest BCUT2D eigenvalue weighted by Crippen LogP contribution is 2.34. The Hall–Kier alpha value is -2.46. The zero-order chi connectivity index (χ0) is 17.2. The van der Waals surface area contributed by atoms with Crippen LogP contribution < -0.4 is 0 Å². The summed E-state index contributed by atoms with van der Waals surface area (Å²) in [6.45, 7) is 2.50. The van der Waals surface area contributed by atoms with E-state index >= 15 is 0 Å². The molecule has 128 valence electrons. The lowest BCUT2D eigenvalue weighted by atomic mass is 10.00. The van der Waals surface area contributed by atoms with E-state index in [9.17, 15) is 8.78 Å². The van der Waals surface area contributed by atoms with E-state index in [0.717, 1.165) is 37.8 Å². The predicted molar refractivity (Wildman–Crippen MR) is 94.1 cm³/mol. The number of fused-ring (bicyclic) bond motifs is 1. The fraction of sp³-hybridized carbons (Fsp3) is 0.238. The van der Waals surface area contributed by atoms with Gasteiger partial charge in [-0.3, -0.25) is 4.90 Å². The molecule has 1 aliphatic heterocycles. The second-order valence-corrected chi connectivity index (χ2v) is 6.50. The standard InChI is InChI=1S/C21H20F2N2/c22-17-9-10-18(19(23)14-17)21-20-8-4-11-24(20)12-5-13-25(21)15-16-6-2-1-3-7-16/h1-4,6-11,14,21H,5,12-13,15H2/t21-/m1/s1. The Balaban J connectivity index is 1.78. The third kappa shape index (κ3) is 3.22. The zero-order valence-corrected chi connectivity index (χ0v) is 13.9. The van der Waals surface area contributed by atoms with Gasteiger partial charge in [0.1, 0.15) is 11.6 Å². The van der Waals surface area contributed by atoms with Crippen molar-refractivity contribution in [2.75, 3.05) is 6.54 Å². The quantitative estimate of drug-likeness (QED) is 0.668. The van der Waals surface area contributed by atoms with Gasteiger partial charge in [-0.2, -0.15) is 0 Å². The van der Waals surface area contributed by atoms with Gasteiger partial charge in [0.2, 0.25) is 0 Å². The monoisotopic (exact) mass is 338 g/mol. The van der Waals surface area contributed by atoms with Crippen molar-refractivity contribution in [3.8, 4) is 0 Å². The molecular weight excluding hydrogens is 318 g/mol. The molecule has 0 aliphatic carbocycles. The van der Waals surface area contributed by atoms with Crippen molar-refractivity contribution in [1.29, 1.82) is 0 Å². The number of aromatic nitrogens is 1. The van der Waals surface area contributed by atoms with Crippen LogP contribution in [0.5, 0.6) is 0 Å². The summed E-state index contributed by atoms with van der Waals surface area (Å²) in [5.74, 6) is -1.03. The van der Waals surface area contributed by atoms with Crippen LogP contribution in [0.15, 0.2) is 66.9 Å². The first-order chi connectivity index (χ1) is 12.2. The molecule has 0 saturated carbocycles. The summed E-state index contributed by atoms with van der Waals surface area (Å²) in [6.07, 6.45) is 3.03. The Labute approximate surface area is 146 Å². The highest BCUT2D eigenvalue weighted by molar-refractivity contribution is 5.32. The van der Waals surface area contributed by atoms with Crippen LogP contribution in [0.3, 0.4) is 0 Å². The van der Waals surface area contributed by atoms with Gasteiger partial charge >= 0.3 is 0 Å². The van der Waals surface area contributed by atoms with Crippen LogP contribution in [0.4, 0.5) is 8.78 Å². The minimum Gasteiger partial charge on any atom is -0.350 e. The van der Waals surface area contributed by atoms with Crippen molar-refractivity contribution in [2.24, 2.45) is 0 Å². The van der Waals surface area contributed by atoms with Gasteiger partial charge in [0.15, 0.2) is 0 Å². The Kier molecular flexibility index (Phi) is 4.36. The average Bonchev–Trinajstić information content (AvgIpc) is 2.99. The normalized spacial score (nSPS) is 17.9. The summed E-state index contributed by atoms with van der Waals surface area (Å²) in [5.41, 5.74) is 2.77. The summed E-state index contributed by atoms with van der Waals surface area (Å²) < 4.78 is 30.2. The molecule has 0 fully saturated rings. The van der Waals surface area contributed by atoms with E-state index in [1.54, 1.807) is 6.07 Å². The first-order valence-electron chi connectivity index (χ1n) is 8.60. The first kappa shape index (κ1) is 16.0. The molecule has 0 bridgehead atoms. The van der Waals surface area contributed by atoms with E-state index in [2.05, 4.69) is 21.6 Å². The van der Waals surface area contributed by atoms with Crippen LogP contribution in [0.2, 0.25) is 0 Å². The van der Waals surface area contributed by atoms with E-state index in [1.807, 2.05) is 36.5 Å². The van der Waals surface area contributed by atoms with Gasteiger partial charge in [-0.1, -0.05) is 36.4 Å². The van der Waals surface area contributed by atoms with Crippen molar-refractivity contribution in [3.63, 3.8) is 0 Å². The Morgan fingerprint density at radius 1 is 0.920 bits per heavy atom. The van der Waals surface area contributed by atoms with Crippen LogP contribution >= 0.6 is 0 Å². The topological polar surface area (TPSA) is 8.17 Å². The molecular formula is C21H20F2N2. The number of rotatable bonds is 3. The minimum absolute atomic E-state index is 0.224. The van der Waals surface area contributed by atoms with E-state index < -0.39 is 11.6 Å². The van der Waals surface area contributed by atoms with E-state index in [4.69, 9.17) is 0 Å². The molecule has 1 atom stereocenters. The van der Waals surface area contributed by atoms with E-state index in [1.165, 1.54) is 11.6 Å². The fourth-order valence-electron chi connectivity index (χ4n) is 3.71. The van der Waals surface area contributed by atoms with Crippen LogP contribution in [0.25, 0.3) is 0 Å². The molecule has 2 nitrogen and oxygen atoms in total. The van der Waals surface area contributed by atoms with Gasteiger partial charge in [-0.05, 0) is 30.2 Å². The zero-order valence-electron chi connectivity index (χ0n) is 13.9. The lowest BCUT2D eigenvalue weighted by molar-refractivity contribution is 0.216. The number of aryl methyl sites for hydroxylation is 1.